The minimum Gasteiger partial charge on any atom is -0.426 e. The van der Waals surface area contributed by atoms with Gasteiger partial charge in [0.1, 0.15) is 5.75 Å². The quantitative estimate of drug-likeness (QED) is 0.159. The zero-order valence-corrected chi connectivity index (χ0v) is 17.0. The van der Waals surface area contributed by atoms with E-state index < -0.39 is 0 Å². The molecule has 0 fully saturated rings. The SMILES string of the molecule is CCCCCCCCCCCCc1ccc(OC(=O)CCOP)cc1. The summed E-state index contributed by atoms with van der Waals surface area (Å²) in [7, 11) is 2.13. The number of aryl methyl sites for hydroxylation is 1. The van der Waals surface area contributed by atoms with Gasteiger partial charge in [0.05, 0.1) is 13.0 Å². The fourth-order valence-electron chi connectivity index (χ4n) is 2.87. The third-order valence-electron chi connectivity index (χ3n) is 4.40. The van der Waals surface area contributed by atoms with Gasteiger partial charge in [-0.05, 0) is 30.5 Å². The Hall–Kier alpha value is -0.920. The van der Waals surface area contributed by atoms with Crippen LogP contribution in [0.25, 0.3) is 0 Å². The summed E-state index contributed by atoms with van der Waals surface area (Å²) in [4.78, 5) is 11.5. The van der Waals surface area contributed by atoms with Crippen molar-refractivity contribution in [3.8, 4) is 5.75 Å². The maximum atomic E-state index is 11.5. The van der Waals surface area contributed by atoms with Gasteiger partial charge >= 0.3 is 5.97 Å². The molecule has 0 spiro atoms. The number of hydrogen-bond acceptors (Lipinski definition) is 3. The van der Waals surface area contributed by atoms with Gasteiger partial charge < -0.3 is 9.26 Å². The molecule has 1 atom stereocenters. The van der Waals surface area contributed by atoms with E-state index in [1.165, 1.54) is 69.8 Å². The summed E-state index contributed by atoms with van der Waals surface area (Å²) in [5.41, 5.74) is 1.31. The van der Waals surface area contributed by atoms with E-state index in [2.05, 4.69) is 28.5 Å². The molecule has 0 amide bonds. The number of benzene rings is 1. The van der Waals surface area contributed by atoms with Crippen LogP contribution in [0.1, 0.15) is 83.1 Å². The van der Waals surface area contributed by atoms with E-state index in [4.69, 9.17) is 9.26 Å². The van der Waals surface area contributed by atoms with Crippen molar-refractivity contribution >= 4 is 15.4 Å². The summed E-state index contributed by atoms with van der Waals surface area (Å²) < 4.78 is 10.0. The molecule has 25 heavy (non-hydrogen) atoms. The molecule has 0 bridgehead atoms. The predicted octanol–water partition coefficient (Wildman–Crippen LogP) is 6.25. The molecule has 0 saturated heterocycles. The smallest absolute Gasteiger partial charge is 0.313 e. The van der Waals surface area contributed by atoms with E-state index in [0.717, 1.165) is 6.42 Å². The Kier molecular flexibility index (Phi) is 13.6. The van der Waals surface area contributed by atoms with Crippen LogP contribution in [0.5, 0.6) is 5.75 Å². The van der Waals surface area contributed by atoms with Crippen molar-refractivity contribution in [3.05, 3.63) is 29.8 Å². The first-order chi connectivity index (χ1) is 12.3. The molecule has 142 valence electrons. The number of unbranched alkanes of at least 4 members (excludes halogenated alkanes) is 9. The first kappa shape index (κ1) is 22.1. The van der Waals surface area contributed by atoms with E-state index >= 15 is 0 Å². The minimum atomic E-state index is -0.259. The van der Waals surface area contributed by atoms with E-state index in [0.29, 0.717) is 12.4 Å². The van der Waals surface area contributed by atoms with Crippen molar-refractivity contribution < 1.29 is 14.1 Å². The highest BCUT2D eigenvalue weighted by Crippen LogP contribution is 2.16. The lowest BCUT2D eigenvalue weighted by molar-refractivity contribution is -0.134. The largest absolute Gasteiger partial charge is 0.426 e. The van der Waals surface area contributed by atoms with Crippen LogP contribution in [-0.4, -0.2) is 12.6 Å². The monoisotopic (exact) mass is 366 g/mol. The third kappa shape index (κ3) is 12.1. The molecule has 0 aromatic heterocycles. The van der Waals surface area contributed by atoms with E-state index in [1.54, 1.807) is 0 Å². The molecule has 0 aliphatic rings. The van der Waals surface area contributed by atoms with Crippen molar-refractivity contribution in [3.63, 3.8) is 0 Å². The Morgan fingerprint density at radius 3 is 2.00 bits per heavy atom. The predicted molar refractivity (Wildman–Crippen MR) is 108 cm³/mol. The lowest BCUT2D eigenvalue weighted by atomic mass is 10.0. The number of hydrogen-bond donors (Lipinski definition) is 0. The van der Waals surface area contributed by atoms with Crippen LogP contribution in [0.3, 0.4) is 0 Å². The minimum absolute atomic E-state index is 0.259. The summed E-state index contributed by atoms with van der Waals surface area (Å²) in [6.45, 7) is 2.63. The molecule has 0 heterocycles. The second-order valence-electron chi connectivity index (χ2n) is 6.67. The van der Waals surface area contributed by atoms with Crippen LogP contribution in [-0.2, 0) is 15.7 Å². The zero-order valence-electron chi connectivity index (χ0n) is 15.8. The van der Waals surface area contributed by atoms with Crippen molar-refractivity contribution in [1.29, 1.82) is 0 Å². The number of carbonyl (C=O) groups excluding carboxylic acids is 1. The van der Waals surface area contributed by atoms with E-state index in [1.807, 2.05) is 12.1 Å². The second kappa shape index (κ2) is 15.3. The lowest BCUT2D eigenvalue weighted by Gasteiger charge is -2.06. The standard InChI is InChI=1S/C21H35O3P/c1-2-3-4-5-6-7-8-9-10-11-12-19-13-15-20(16-14-19)24-21(22)17-18-23-25/h13-16H,2-12,17-18,25H2,1H3. The Balaban J connectivity index is 2.05. The number of esters is 1. The molecule has 0 aliphatic heterocycles. The third-order valence-corrected chi connectivity index (χ3v) is 4.63. The Morgan fingerprint density at radius 1 is 0.880 bits per heavy atom. The average molecular weight is 366 g/mol. The summed E-state index contributed by atoms with van der Waals surface area (Å²) >= 11 is 0. The summed E-state index contributed by atoms with van der Waals surface area (Å²) in [6.07, 6.45) is 15.0. The van der Waals surface area contributed by atoms with Gasteiger partial charge in [-0.2, -0.15) is 0 Å². The Labute approximate surface area is 156 Å². The molecule has 0 N–H and O–H groups in total. The molecular formula is C21H35O3P. The van der Waals surface area contributed by atoms with Crippen LogP contribution in [0, 0.1) is 0 Å². The van der Waals surface area contributed by atoms with Gasteiger partial charge in [0.15, 0.2) is 0 Å². The average Bonchev–Trinajstić information content (AvgIpc) is 2.63. The number of rotatable bonds is 15. The molecule has 0 aliphatic carbocycles. The Morgan fingerprint density at radius 2 is 1.44 bits per heavy atom. The normalized spacial score (nSPS) is 10.8. The summed E-state index contributed by atoms with van der Waals surface area (Å²) in [5.74, 6) is 0.352. The molecule has 4 heteroatoms. The number of carbonyl (C=O) groups is 1. The maximum absolute atomic E-state index is 11.5. The number of ether oxygens (including phenoxy) is 1. The van der Waals surface area contributed by atoms with Gasteiger partial charge in [0.25, 0.3) is 0 Å². The van der Waals surface area contributed by atoms with Crippen LogP contribution >= 0.6 is 9.47 Å². The molecule has 1 aromatic carbocycles. The highest BCUT2D eigenvalue weighted by molar-refractivity contribution is 7.09. The molecular weight excluding hydrogens is 331 g/mol. The van der Waals surface area contributed by atoms with Gasteiger partial charge in [-0.15, -0.1) is 0 Å². The molecule has 0 saturated carbocycles. The summed E-state index contributed by atoms with van der Waals surface area (Å²) in [5, 5.41) is 0. The molecule has 1 unspecified atom stereocenters. The molecule has 3 nitrogen and oxygen atoms in total. The first-order valence-electron chi connectivity index (χ1n) is 9.87. The molecule has 0 radical (unpaired) electrons. The van der Waals surface area contributed by atoms with Crippen LogP contribution in [0.15, 0.2) is 24.3 Å². The van der Waals surface area contributed by atoms with Crippen molar-refractivity contribution in [2.45, 2.75) is 84.0 Å². The van der Waals surface area contributed by atoms with E-state index in [9.17, 15) is 4.79 Å². The Bertz CT molecular complexity index is 445. The van der Waals surface area contributed by atoms with Crippen molar-refractivity contribution in [2.75, 3.05) is 6.61 Å². The second-order valence-corrected chi connectivity index (χ2v) is 7.00. The highest BCUT2D eigenvalue weighted by atomic mass is 31.0. The summed E-state index contributed by atoms with van der Waals surface area (Å²) in [6, 6.07) is 7.88. The van der Waals surface area contributed by atoms with Gasteiger partial charge in [-0.3, -0.25) is 4.79 Å². The van der Waals surface area contributed by atoms with Gasteiger partial charge in [0, 0.05) is 9.47 Å². The maximum Gasteiger partial charge on any atom is 0.313 e. The molecule has 1 rings (SSSR count). The van der Waals surface area contributed by atoms with Gasteiger partial charge in [-0.25, -0.2) is 0 Å². The van der Waals surface area contributed by atoms with Crippen LogP contribution in [0.4, 0.5) is 0 Å². The first-order valence-corrected chi connectivity index (χ1v) is 10.3. The van der Waals surface area contributed by atoms with Gasteiger partial charge in [-0.1, -0.05) is 76.8 Å². The van der Waals surface area contributed by atoms with Crippen molar-refractivity contribution in [1.82, 2.24) is 0 Å². The van der Waals surface area contributed by atoms with Crippen molar-refractivity contribution in [2.24, 2.45) is 0 Å². The fraction of sp³-hybridized carbons (Fsp3) is 0.667. The van der Waals surface area contributed by atoms with Crippen LogP contribution in [0.2, 0.25) is 0 Å². The molecule has 1 aromatic rings. The lowest BCUT2D eigenvalue weighted by Crippen LogP contribution is -2.09. The highest BCUT2D eigenvalue weighted by Gasteiger charge is 2.04. The fourth-order valence-corrected chi connectivity index (χ4v) is 2.98. The zero-order chi connectivity index (χ0) is 18.2. The van der Waals surface area contributed by atoms with Gasteiger partial charge in [0.2, 0.25) is 0 Å². The van der Waals surface area contributed by atoms with E-state index in [-0.39, 0.29) is 12.4 Å². The van der Waals surface area contributed by atoms with Crippen LogP contribution < -0.4 is 4.74 Å². The topological polar surface area (TPSA) is 35.5 Å².